The molecule has 0 saturated carbocycles. The highest BCUT2D eigenvalue weighted by molar-refractivity contribution is 5.72. The molecule has 0 atom stereocenters. The number of ether oxygens (including phenoxy) is 2. The predicted octanol–water partition coefficient (Wildman–Crippen LogP) is 0.521. The van der Waals surface area contributed by atoms with Crippen LogP contribution in [0.1, 0.15) is 39.5 Å². The zero-order chi connectivity index (χ0) is 15.6. The summed E-state index contributed by atoms with van der Waals surface area (Å²) in [4.78, 5) is 9.44. The van der Waals surface area contributed by atoms with Gasteiger partial charge >= 0.3 is 0 Å². The Balaban J connectivity index is 0. The molecule has 2 aliphatic heterocycles. The second kappa shape index (κ2) is 18.5. The van der Waals surface area contributed by atoms with Crippen molar-refractivity contribution < 1.29 is 29.6 Å². The summed E-state index contributed by atoms with van der Waals surface area (Å²) in [5.74, 6) is 0.167. The number of ketones is 1. The van der Waals surface area contributed by atoms with Crippen molar-refractivity contribution in [1.29, 1.82) is 0 Å². The lowest BCUT2D eigenvalue weighted by Crippen LogP contribution is -2.15. The highest BCUT2D eigenvalue weighted by Crippen LogP contribution is 1.98. The molecule has 6 nitrogen and oxygen atoms in total. The van der Waals surface area contributed by atoms with Crippen molar-refractivity contribution in [2.45, 2.75) is 45.6 Å². The van der Waals surface area contributed by atoms with Crippen LogP contribution in [0, 0.1) is 0 Å². The van der Waals surface area contributed by atoms with E-state index in [0.29, 0.717) is 0 Å². The Labute approximate surface area is 121 Å². The summed E-state index contributed by atoms with van der Waals surface area (Å²) in [6.07, 6.45) is 4.16. The number of hydrogen-bond donors (Lipinski definition) is 3. The van der Waals surface area contributed by atoms with Crippen LogP contribution in [0.2, 0.25) is 0 Å². The first-order valence-corrected chi connectivity index (χ1v) is 7.07. The number of carbonyl (C=O) groups excluding carboxylic acids is 1. The van der Waals surface area contributed by atoms with Gasteiger partial charge in [0, 0.05) is 26.4 Å². The smallest absolute Gasteiger partial charge is 0.126 e. The van der Waals surface area contributed by atoms with Gasteiger partial charge in [0.05, 0.1) is 13.2 Å². The first kappa shape index (κ1) is 21.8. The molecule has 0 aromatic heterocycles. The van der Waals surface area contributed by atoms with Crippen molar-refractivity contribution >= 4 is 5.78 Å². The summed E-state index contributed by atoms with van der Waals surface area (Å²) in [5, 5.41) is 24.0. The van der Waals surface area contributed by atoms with Crippen LogP contribution >= 0.6 is 0 Å². The van der Waals surface area contributed by atoms with Crippen molar-refractivity contribution in [1.82, 2.24) is 0 Å². The van der Waals surface area contributed by atoms with Crippen LogP contribution in [-0.4, -0.2) is 66.8 Å². The number of aliphatic hydroxyl groups excluding tert-OH is 3. The average Bonchev–Trinajstić information content (AvgIpc) is 3.13. The largest absolute Gasteiger partial charge is 0.394 e. The third-order valence-corrected chi connectivity index (χ3v) is 2.08. The maximum absolute atomic E-state index is 9.44. The van der Waals surface area contributed by atoms with Gasteiger partial charge in [-0.3, -0.25) is 0 Å². The van der Waals surface area contributed by atoms with Gasteiger partial charge in [0.2, 0.25) is 0 Å². The zero-order valence-electron chi connectivity index (χ0n) is 12.7. The summed E-state index contributed by atoms with van der Waals surface area (Å²) in [7, 11) is 0. The molecule has 0 unspecified atom stereocenters. The van der Waals surface area contributed by atoms with Gasteiger partial charge in [0.15, 0.2) is 0 Å². The minimum Gasteiger partial charge on any atom is -0.394 e. The Morgan fingerprint density at radius 1 is 0.900 bits per heavy atom. The molecule has 2 aliphatic rings. The first-order valence-electron chi connectivity index (χ1n) is 7.07. The molecule has 0 aromatic rings. The maximum Gasteiger partial charge on any atom is 0.126 e. The summed E-state index contributed by atoms with van der Waals surface area (Å²) >= 11 is 0. The topological polar surface area (TPSA) is 96.2 Å². The van der Waals surface area contributed by atoms with E-state index in [1.807, 2.05) is 0 Å². The molecule has 2 rings (SSSR count). The summed E-state index contributed by atoms with van der Waals surface area (Å²) < 4.78 is 9.89. The molecule has 0 radical (unpaired) electrons. The number of rotatable bonds is 2. The molecular formula is C14H30O6. The summed E-state index contributed by atoms with van der Waals surface area (Å²) in [5.41, 5.74) is 0. The predicted molar refractivity (Wildman–Crippen MR) is 76.6 cm³/mol. The van der Waals surface area contributed by atoms with Gasteiger partial charge in [-0.1, -0.05) is 0 Å². The number of aliphatic hydroxyl groups is 3. The van der Waals surface area contributed by atoms with Crippen molar-refractivity contribution in [2.75, 3.05) is 39.6 Å². The molecule has 122 valence electrons. The molecule has 3 N–H and O–H groups in total. The highest BCUT2D eigenvalue weighted by Gasteiger charge is 1.95. The molecule has 0 spiro atoms. The number of hydrogen-bond acceptors (Lipinski definition) is 6. The van der Waals surface area contributed by atoms with E-state index < -0.39 is 6.10 Å². The normalized spacial score (nSPS) is 16.3. The molecule has 0 amide bonds. The molecule has 6 heteroatoms. The summed E-state index contributed by atoms with van der Waals surface area (Å²) in [6, 6.07) is 0. The highest BCUT2D eigenvalue weighted by atomic mass is 16.5. The maximum atomic E-state index is 9.44. The van der Waals surface area contributed by atoms with E-state index in [9.17, 15) is 4.79 Å². The van der Waals surface area contributed by atoms with Crippen molar-refractivity contribution in [3.8, 4) is 0 Å². The van der Waals surface area contributed by atoms with Crippen LogP contribution < -0.4 is 0 Å². The minimum absolute atomic E-state index is 0.167. The molecule has 0 bridgehead atoms. The molecular weight excluding hydrogens is 264 g/mol. The Morgan fingerprint density at radius 2 is 1.15 bits per heavy atom. The lowest BCUT2D eigenvalue weighted by molar-refractivity contribution is -0.114. The Morgan fingerprint density at radius 3 is 1.20 bits per heavy atom. The van der Waals surface area contributed by atoms with Gasteiger partial charge in [0.25, 0.3) is 0 Å². The van der Waals surface area contributed by atoms with E-state index in [-0.39, 0.29) is 19.0 Å². The molecule has 20 heavy (non-hydrogen) atoms. The number of carbonyl (C=O) groups is 1. The standard InChI is InChI=1S/2C4H8O.C3H8O3.C3H6O/c2*1-2-4-5-3-1;4-1-3(6)2-5;1-3(2)4/h2*1-4H2;3-6H,1-2H2;1-2H3. The molecule has 0 aliphatic carbocycles. The van der Waals surface area contributed by atoms with Gasteiger partial charge in [0.1, 0.15) is 11.9 Å². The Hall–Kier alpha value is -0.530. The van der Waals surface area contributed by atoms with Crippen LogP contribution in [0.15, 0.2) is 0 Å². The van der Waals surface area contributed by atoms with Crippen LogP contribution in [0.4, 0.5) is 0 Å². The minimum atomic E-state index is -0.954. The fraction of sp³-hybridized carbons (Fsp3) is 0.929. The zero-order valence-corrected chi connectivity index (χ0v) is 12.7. The second-order valence-electron chi connectivity index (χ2n) is 4.57. The quantitative estimate of drug-likeness (QED) is 0.687. The molecule has 2 heterocycles. The van der Waals surface area contributed by atoms with Crippen LogP contribution in [-0.2, 0) is 14.3 Å². The van der Waals surface area contributed by atoms with E-state index in [1.54, 1.807) is 0 Å². The average molecular weight is 294 g/mol. The van der Waals surface area contributed by atoms with Crippen LogP contribution in [0.5, 0.6) is 0 Å². The third-order valence-electron chi connectivity index (χ3n) is 2.08. The fourth-order valence-corrected chi connectivity index (χ4v) is 1.08. The van der Waals surface area contributed by atoms with E-state index in [4.69, 9.17) is 24.8 Å². The van der Waals surface area contributed by atoms with E-state index in [1.165, 1.54) is 39.5 Å². The first-order chi connectivity index (χ1) is 9.54. The van der Waals surface area contributed by atoms with E-state index >= 15 is 0 Å². The van der Waals surface area contributed by atoms with Crippen molar-refractivity contribution in [3.63, 3.8) is 0 Å². The Bertz CT molecular complexity index is 157. The van der Waals surface area contributed by atoms with Gasteiger partial charge in [-0.2, -0.15) is 0 Å². The van der Waals surface area contributed by atoms with Gasteiger partial charge in [-0.15, -0.1) is 0 Å². The second-order valence-corrected chi connectivity index (χ2v) is 4.57. The monoisotopic (exact) mass is 294 g/mol. The van der Waals surface area contributed by atoms with Gasteiger partial charge in [-0.05, 0) is 39.5 Å². The third kappa shape index (κ3) is 26.1. The lowest BCUT2D eigenvalue weighted by atomic mass is 10.4. The SMILES string of the molecule is C1CCOC1.C1CCOC1.CC(C)=O.OCC(O)CO. The molecule has 2 saturated heterocycles. The van der Waals surface area contributed by atoms with Gasteiger partial charge in [-0.25, -0.2) is 0 Å². The Kier molecular flexibility index (Phi) is 20.1. The van der Waals surface area contributed by atoms with Crippen LogP contribution in [0.25, 0.3) is 0 Å². The number of Topliss-reactive ketones (excluding diaryl/α,β-unsaturated/α-hetero) is 1. The van der Waals surface area contributed by atoms with Crippen molar-refractivity contribution in [2.24, 2.45) is 0 Å². The van der Waals surface area contributed by atoms with E-state index in [0.717, 1.165) is 26.4 Å². The van der Waals surface area contributed by atoms with Crippen LogP contribution in [0.3, 0.4) is 0 Å². The summed E-state index contributed by atoms with van der Waals surface area (Å²) in [6.45, 7) is 6.33. The molecule has 2 fully saturated rings. The molecule has 0 aromatic carbocycles. The van der Waals surface area contributed by atoms with Crippen molar-refractivity contribution in [3.05, 3.63) is 0 Å². The van der Waals surface area contributed by atoms with Gasteiger partial charge < -0.3 is 29.6 Å². The van der Waals surface area contributed by atoms with E-state index in [2.05, 4.69) is 0 Å². The fourth-order valence-electron chi connectivity index (χ4n) is 1.08. The lowest BCUT2D eigenvalue weighted by Gasteiger charge is -1.96.